The summed E-state index contributed by atoms with van der Waals surface area (Å²) in [7, 11) is 0. The lowest BCUT2D eigenvalue weighted by Crippen LogP contribution is -2.27. The van der Waals surface area contributed by atoms with Gasteiger partial charge in [-0.1, -0.05) is 46.0 Å². The summed E-state index contributed by atoms with van der Waals surface area (Å²) >= 11 is 0. The Morgan fingerprint density at radius 2 is 1.68 bits per heavy atom. The first-order valence-electron chi connectivity index (χ1n) is 10.8. The van der Waals surface area contributed by atoms with Crippen molar-refractivity contribution in [1.29, 1.82) is 0 Å². The summed E-state index contributed by atoms with van der Waals surface area (Å²) in [4.78, 5) is 26.1. The number of hydrogen-bond donors (Lipinski definition) is 3. The molecule has 5 N–H and O–H groups in total. The molecular formula is C21H40N4O3. The quantitative estimate of drug-likeness (QED) is 0.451. The van der Waals surface area contributed by atoms with Crippen LogP contribution in [-0.4, -0.2) is 37.5 Å². The second kappa shape index (κ2) is 14.4. The van der Waals surface area contributed by atoms with E-state index in [1.165, 1.54) is 32.1 Å². The second-order valence-corrected chi connectivity index (χ2v) is 8.43. The maximum atomic E-state index is 11.5. The van der Waals surface area contributed by atoms with Crippen molar-refractivity contribution in [2.75, 3.05) is 19.8 Å². The van der Waals surface area contributed by atoms with Crippen LogP contribution in [0.1, 0.15) is 78.1 Å². The zero-order valence-corrected chi connectivity index (χ0v) is 17.8. The zero-order valence-electron chi connectivity index (χ0n) is 17.8. The zero-order chi connectivity index (χ0) is 20.8. The van der Waals surface area contributed by atoms with Crippen LogP contribution < -0.4 is 16.8 Å². The van der Waals surface area contributed by atoms with Crippen LogP contribution >= 0.6 is 0 Å². The van der Waals surface area contributed by atoms with E-state index in [2.05, 4.69) is 24.2 Å². The number of nitrogens with one attached hydrogen (secondary N) is 1. The number of rotatable bonds is 7. The monoisotopic (exact) mass is 396 g/mol. The fraction of sp³-hybridized carbons (Fsp3) is 0.857. The maximum absolute atomic E-state index is 11.5. The summed E-state index contributed by atoms with van der Waals surface area (Å²) in [6.07, 6.45) is 10.9. The van der Waals surface area contributed by atoms with Crippen LogP contribution in [0.15, 0.2) is 4.99 Å². The number of nitrogens with two attached hydrogens (primary N) is 2. The highest BCUT2D eigenvalue weighted by atomic mass is 16.5. The average Bonchev–Trinajstić information content (AvgIpc) is 2.66. The van der Waals surface area contributed by atoms with Crippen LogP contribution in [0.4, 0.5) is 0 Å². The molecule has 7 heteroatoms. The highest BCUT2D eigenvalue weighted by Gasteiger charge is 2.17. The van der Waals surface area contributed by atoms with Crippen molar-refractivity contribution in [3.05, 3.63) is 0 Å². The van der Waals surface area contributed by atoms with Gasteiger partial charge >= 0.3 is 0 Å². The molecule has 0 aromatic rings. The molecule has 2 amide bonds. The third-order valence-electron chi connectivity index (χ3n) is 5.27. The molecule has 0 unspecified atom stereocenters. The highest BCUT2D eigenvalue weighted by molar-refractivity contribution is 5.91. The number of hydrogen-bond acceptors (Lipinski definition) is 3. The van der Waals surface area contributed by atoms with Gasteiger partial charge in [-0.3, -0.25) is 9.59 Å². The highest BCUT2D eigenvalue weighted by Crippen LogP contribution is 2.27. The van der Waals surface area contributed by atoms with E-state index in [1.807, 2.05) is 0 Å². The van der Waals surface area contributed by atoms with E-state index in [0.717, 1.165) is 51.4 Å². The Morgan fingerprint density at radius 1 is 1.04 bits per heavy atom. The van der Waals surface area contributed by atoms with Gasteiger partial charge in [0.05, 0.1) is 0 Å². The Kier molecular flexibility index (Phi) is 12.5. The Labute approximate surface area is 170 Å². The molecule has 2 fully saturated rings. The van der Waals surface area contributed by atoms with Gasteiger partial charge < -0.3 is 21.5 Å². The van der Waals surface area contributed by atoms with Gasteiger partial charge in [-0.05, 0) is 37.0 Å². The molecule has 0 radical (unpaired) electrons. The summed E-state index contributed by atoms with van der Waals surface area (Å²) in [5.74, 6) is 1.62. The normalized spacial score (nSPS) is 18.1. The Balaban J connectivity index is 0.000000283. The number of carbonyl (C=O) groups is 2. The fourth-order valence-electron chi connectivity index (χ4n) is 3.60. The smallest absolute Gasteiger partial charge is 0.249 e. The molecule has 1 aliphatic carbocycles. The second-order valence-electron chi connectivity index (χ2n) is 8.43. The van der Waals surface area contributed by atoms with Crippen molar-refractivity contribution in [2.45, 2.75) is 78.1 Å². The summed E-state index contributed by atoms with van der Waals surface area (Å²) in [5, 5.41) is 2.98. The van der Waals surface area contributed by atoms with Gasteiger partial charge in [0.15, 0.2) is 5.96 Å². The molecule has 1 saturated heterocycles. The minimum atomic E-state index is -0.230. The van der Waals surface area contributed by atoms with Crippen molar-refractivity contribution < 1.29 is 14.3 Å². The molecule has 1 heterocycles. The molecule has 0 aromatic heterocycles. The van der Waals surface area contributed by atoms with Crippen LogP contribution in [0.3, 0.4) is 0 Å². The van der Waals surface area contributed by atoms with Crippen LogP contribution in [0.2, 0.25) is 0 Å². The lowest BCUT2D eigenvalue weighted by molar-refractivity contribution is -0.121. The minimum absolute atomic E-state index is 0.156. The van der Waals surface area contributed by atoms with Crippen molar-refractivity contribution in [3.63, 3.8) is 0 Å². The maximum Gasteiger partial charge on any atom is 0.249 e. The first-order chi connectivity index (χ1) is 13.4. The number of nitrogens with zero attached hydrogens (tertiary/aromatic N) is 1. The predicted molar refractivity (Wildman–Crippen MR) is 113 cm³/mol. The molecule has 0 bridgehead atoms. The van der Waals surface area contributed by atoms with Gasteiger partial charge in [0.1, 0.15) is 0 Å². The van der Waals surface area contributed by atoms with Crippen molar-refractivity contribution in [2.24, 2.45) is 34.2 Å². The molecule has 0 atom stereocenters. The fourth-order valence-corrected chi connectivity index (χ4v) is 3.60. The topological polar surface area (TPSA) is 120 Å². The van der Waals surface area contributed by atoms with Crippen LogP contribution in [-0.2, 0) is 14.3 Å². The van der Waals surface area contributed by atoms with E-state index in [9.17, 15) is 9.59 Å². The average molecular weight is 397 g/mol. The summed E-state index contributed by atoms with van der Waals surface area (Å²) in [5.41, 5.74) is 10.2. The van der Waals surface area contributed by atoms with Gasteiger partial charge in [-0.15, -0.1) is 0 Å². The van der Waals surface area contributed by atoms with Crippen molar-refractivity contribution >= 4 is 17.8 Å². The SMILES string of the molecule is CC(C)CNC(=O)CCC1CCCCC1.NC(N)=NC(=O)CC1CCOCC1. The van der Waals surface area contributed by atoms with E-state index in [0.29, 0.717) is 18.3 Å². The summed E-state index contributed by atoms with van der Waals surface area (Å²) in [6.45, 7) is 6.55. The van der Waals surface area contributed by atoms with E-state index >= 15 is 0 Å². The lowest BCUT2D eigenvalue weighted by Gasteiger charge is -2.21. The molecular weight excluding hydrogens is 356 g/mol. The van der Waals surface area contributed by atoms with Crippen LogP contribution in [0.25, 0.3) is 0 Å². The molecule has 0 spiro atoms. The third kappa shape index (κ3) is 12.7. The molecule has 28 heavy (non-hydrogen) atoms. The van der Waals surface area contributed by atoms with Gasteiger partial charge in [-0.2, -0.15) is 4.99 Å². The molecule has 1 saturated carbocycles. The first kappa shape index (κ1) is 24.4. The van der Waals surface area contributed by atoms with Gasteiger partial charge in [0.25, 0.3) is 0 Å². The Bertz CT molecular complexity index is 478. The first-order valence-corrected chi connectivity index (χ1v) is 10.8. The largest absolute Gasteiger partial charge is 0.381 e. The van der Waals surface area contributed by atoms with Crippen molar-refractivity contribution in [3.8, 4) is 0 Å². The van der Waals surface area contributed by atoms with Gasteiger partial charge in [0.2, 0.25) is 11.8 Å². The van der Waals surface area contributed by atoms with Gasteiger partial charge in [-0.25, -0.2) is 0 Å². The molecule has 2 rings (SSSR count). The van der Waals surface area contributed by atoms with E-state index in [-0.39, 0.29) is 17.8 Å². The molecule has 2 aliphatic rings. The summed E-state index contributed by atoms with van der Waals surface area (Å²) < 4.78 is 5.17. The number of aliphatic imine (C=N–C) groups is 1. The third-order valence-corrected chi connectivity index (χ3v) is 5.27. The molecule has 0 aromatic carbocycles. The Hall–Kier alpha value is -1.63. The molecule has 7 nitrogen and oxygen atoms in total. The standard InChI is InChI=1S/C13H25NO.C8H15N3O2/c1-11(2)10-14-13(15)9-8-12-6-4-3-5-7-12;9-8(10)11-7(12)5-6-1-3-13-4-2-6/h11-12H,3-10H2,1-2H3,(H,14,15);6H,1-5H2,(H4,9,10,11,12). The van der Waals surface area contributed by atoms with E-state index in [1.54, 1.807) is 0 Å². The molecule has 162 valence electrons. The number of carbonyl (C=O) groups excluding carboxylic acids is 2. The summed E-state index contributed by atoms with van der Waals surface area (Å²) in [6, 6.07) is 0. The van der Waals surface area contributed by atoms with Gasteiger partial charge in [0, 0.05) is 32.6 Å². The number of guanidine groups is 1. The predicted octanol–water partition coefficient (Wildman–Crippen LogP) is 2.72. The van der Waals surface area contributed by atoms with Crippen LogP contribution in [0.5, 0.6) is 0 Å². The van der Waals surface area contributed by atoms with Crippen LogP contribution in [0, 0.1) is 17.8 Å². The number of ether oxygens (including phenoxy) is 1. The minimum Gasteiger partial charge on any atom is -0.381 e. The molecule has 1 aliphatic heterocycles. The van der Waals surface area contributed by atoms with Crippen molar-refractivity contribution in [1.82, 2.24) is 5.32 Å². The van der Waals surface area contributed by atoms with E-state index < -0.39 is 0 Å². The lowest BCUT2D eigenvalue weighted by atomic mass is 9.86. The Morgan fingerprint density at radius 3 is 2.25 bits per heavy atom. The number of amides is 2. The van der Waals surface area contributed by atoms with E-state index in [4.69, 9.17) is 16.2 Å².